The fourth-order valence-corrected chi connectivity index (χ4v) is 0.591. The Morgan fingerprint density at radius 3 is 2.27 bits per heavy atom. The van der Waals surface area contributed by atoms with E-state index < -0.39 is 17.9 Å². The van der Waals surface area contributed by atoms with Gasteiger partial charge in [-0.05, 0) is 6.42 Å². The van der Waals surface area contributed by atoms with Gasteiger partial charge in [-0.15, -0.1) is 0 Å². The first-order valence-corrected chi connectivity index (χ1v) is 3.21. The van der Waals surface area contributed by atoms with E-state index in [9.17, 15) is 9.59 Å². The lowest BCUT2D eigenvalue weighted by Gasteiger charge is -2.00. The maximum absolute atomic E-state index is 10.3. The average molecular weight is 158 g/mol. The van der Waals surface area contributed by atoms with Gasteiger partial charge in [-0.25, -0.2) is 4.79 Å². The summed E-state index contributed by atoms with van der Waals surface area (Å²) in [6.45, 7) is 1.69. The van der Waals surface area contributed by atoms with Crippen molar-refractivity contribution in [2.75, 3.05) is 0 Å². The van der Waals surface area contributed by atoms with Crippen molar-refractivity contribution in [2.45, 2.75) is 13.3 Å². The summed E-state index contributed by atoms with van der Waals surface area (Å²) in [5, 5.41) is 16.6. The van der Waals surface area contributed by atoms with Gasteiger partial charge in [0.05, 0.1) is 5.92 Å². The first kappa shape index (κ1) is 9.68. The molecule has 0 bridgehead atoms. The molecule has 0 aromatic carbocycles. The zero-order valence-electron chi connectivity index (χ0n) is 6.15. The molecule has 0 radical (unpaired) electrons. The number of hydrogen-bond acceptors (Lipinski definition) is 2. The number of rotatable bonds is 4. The lowest BCUT2D eigenvalue weighted by atomic mass is 10.1. The average Bonchev–Trinajstić information content (AvgIpc) is 1.87. The smallest absolute Gasteiger partial charge is 0.328 e. The van der Waals surface area contributed by atoms with Gasteiger partial charge in [0, 0.05) is 6.08 Å². The van der Waals surface area contributed by atoms with Crippen LogP contribution in [0.3, 0.4) is 0 Å². The molecular formula is C7H10O4. The van der Waals surface area contributed by atoms with Crippen LogP contribution in [0.4, 0.5) is 0 Å². The Labute approximate surface area is 64.2 Å². The maximum Gasteiger partial charge on any atom is 0.328 e. The van der Waals surface area contributed by atoms with Gasteiger partial charge in [0.2, 0.25) is 0 Å². The van der Waals surface area contributed by atoms with Crippen molar-refractivity contribution in [1.82, 2.24) is 0 Å². The summed E-state index contributed by atoms with van der Waals surface area (Å²) in [4.78, 5) is 20.3. The molecule has 0 amide bonds. The van der Waals surface area contributed by atoms with Crippen molar-refractivity contribution >= 4 is 11.9 Å². The largest absolute Gasteiger partial charge is 0.481 e. The molecule has 0 aromatic heterocycles. The van der Waals surface area contributed by atoms with E-state index in [1.807, 2.05) is 0 Å². The highest BCUT2D eigenvalue weighted by Crippen LogP contribution is 2.03. The first-order chi connectivity index (χ1) is 5.07. The van der Waals surface area contributed by atoms with Crippen LogP contribution in [-0.2, 0) is 9.59 Å². The van der Waals surface area contributed by atoms with E-state index in [4.69, 9.17) is 10.2 Å². The molecule has 1 atom stereocenters. The minimum absolute atomic E-state index is 0.402. The molecule has 62 valence electrons. The molecule has 2 N–H and O–H groups in total. The Morgan fingerprint density at radius 2 is 2.00 bits per heavy atom. The number of carboxylic acid groups (broad SMARTS) is 2. The number of aliphatic carboxylic acids is 2. The van der Waals surface area contributed by atoms with Crippen LogP contribution < -0.4 is 0 Å². The SMILES string of the molecule is CCC(C=CC(=O)O)C(=O)O. The van der Waals surface area contributed by atoms with Gasteiger partial charge in [-0.2, -0.15) is 0 Å². The molecule has 0 saturated carbocycles. The van der Waals surface area contributed by atoms with Crippen molar-refractivity contribution in [1.29, 1.82) is 0 Å². The second kappa shape index (κ2) is 4.49. The van der Waals surface area contributed by atoms with E-state index in [1.54, 1.807) is 6.92 Å². The van der Waals surface area contributed by atoms with Crippen molar-refractivity contribution in [3.05, 3.63) is 12.2 Å². The highest BCUT2D eigenvalue weighted by atomic mass is 16.4. The van der Waals surface area contributed by atoms with Gasteiger partial charge in [0.15, 0.2) is 0 Å². The third kappa shape index (κ3) is 4.13. The highest BCUT2D eigenvalue weighted by Gasteiger charge is 2.10. The highest BCUT2D eigenvalue weighted by molar-refractivity contribution is 5.81. The second-order valence-corrected chi connectivity index (χ2v) is 2.05. The molecule has 11 heavy (non-hydrogen) atoms. The minimum atomic E-state index is -1.12. The minimum Gasteiger partial charge on any atom is -0.481 e. The third-order valence-corrected chi connectivity index (χ3v) is 1.23. The van der Waals surface area contributed by atoms with E-state index >= 15 is 0 Å². The normalized spacial score (nSPS) is 13.2. The van der Waals surface area contributed by atoms with E-state index in [0.29, 0.717) is 6.42 Å². The van der Waals surface area contributed by atoms with E-state index in [1.165, 1.54) is 6.08 Å². The third-order valence-electron chi connectivity index (χ3n) is 1.23. The Hall–Kier alpha value is -1.32. The molecule has 0 aliphatic heterocycles. The second-order valence-electron chi connectivity index (χ2n) is 2.05. The van der Waals surface area contributed by atoms with Crippen LogP contribution in [0.2, 0.25) is 0 Å². The predicted molar refractivity (Wildman–Crippen MR) is 38.2 cm³/mol. The fraction of sp³-hybridized carbons (Fsp3) is 0.429. The molecule has 0 fully saturated rings. The molecule has 0 aromatic rings. The maximum atomic E-state index is 10.3. The molecule has 1 unspecified atom stereocenters. The standard InChI is InChI=1S/C7H10O4/c1-2-5(7(10)11)3-4-6(8)9/h3-5H,2H2,1H3,(H,8,9)(H,10,11). The predicted octanol–water partition coefficient (Wildman–Crippen LogP) is 0.738. The zero-order valence-corrected chi connectivity index (χ0v) is 6.15. The van der Waals surface area contributed by atoms with Gasteiger partial charge in [0.1, 0.15) is 0 Å². The lowest BCUT2D eigenvalue weighted by molar-refractivity contribution is -0.140. The van der Waals surface area contributed by atoms with Crippen LogP contribution in [0.15, 0.2) is 12.2 Å². The van der Waals surface area contributed by atoms with Crippen LogP contribution in [0.25, 0.3) is 0 Å². The van der Waals surface area contributed by atoms with Crippen LogP contribution >= 0.6 is 0 Å². The van der Waals surface area contributed by atoms with E-state index in [-0.39, 0.29) is 0 Å². The summed E-state index contributed by atoms with van der Waals surface area (Å²) in [7, 11) is 0. The Morgan fingerprint density at radius 1 is 1.45 bits per heavy atom. The summed E-state index contributed by atoms with van der Waals surface area (Å²) in [6.07, 6.45) is 2.42. The summed E-state index contributed by atoms with van der Waals surface area (Å²) in [6, 6.07) is 0. The zero-order chi connectivity index (χ0) is 8.85. The van der Waals surface area contributed by atoms with Crippen molar-refractivity contribution in [2.24, 2.45) is 5.92 Å². The molecule has 0 heterocycles. The molecule has 0 aliphatic rings. The molecule has 0 rings (SSSR count). The van der Waals surface area contributed by atoms with Crippen LogP contribution in [-0.4, -0.2) is 22.2 Å². The number of hydrogen-bond donors (Lipinski definition) is 2. The van der Waals surface area contributed by atoms with Gasteiger partial charge < -0.3 is 10.2 Å². The van der Waals surface area contributed by atoms with Gasteiger partial charge in [-0.3, -0.25) is 4.79 Å². The topological polar surface area (TPSA) is 74.6 Å². The monoisotopic (exact) mass is 158 g/mol. The molecule has 4 heteroatoms. The van der Waals surface area contributed by atoms with E-state index in [0.717, 1.165) is 6.08 Å². The first-order valence-electron chi connectivity index (χ1n) is 3.21. The quantitative estimate of drug-likeness (QED) is 0.591. The molecular weight excluding hydrogens is 148 g/mol. The van der Waals surface area contributed by atoms with Gasteiger partial charge in [0.25, 0.3) is 0 Å². The van der Waals surface area contributed by atoms with Crippen LogP contribution in [0, 0.1) is 5.92 Å². The molecule has 0 aliphatic carbocycles. The van der Waals surface area contributed by atoms with Crippen LogP contribution in [0.5, 0.6) is 0 Å². The van der Waals surface area contributed by atoms with Crippen LogP contribution in [0.1, 0.15) is 13.3 Å². The summed E-state index contributed by atoms with van der Waals surface area (Å²) < 4.78 is 0. The number of carboxylic acids is 2. The Balaban J connectivity index is 4.08. The molecule has 0 saturated heterocycles. The summed E-state index contributed by atoms with van der Waals surface area (Å²) in [5.41, 5.74) is 0. The summed E-state index contributed by atoms with van der Waals surface area (Å²) in [5.74, 6) is -2.80. The van der Waals surface area contributed by atoms with Crippen molar-refractivity contribution in [3.63, 3.8) is 0 Å². The Kier molecular flexibility index (Phi) is 3.95. The summed E-state index contributed by atoms with van der Waals surface area (Å²) >= 11 is 0. The fourth-order valence-electron chi connectivity index (χ4n) is 0.591. The van der Waals surface area contributed by atoms with Gasteiger partial charge in [-0.1, -0.05) is 13.0 Å². The number of carbonyl (C=O) groups is 2. The van der Waals surface area contributed by atoms with Crippen molar-refractivity contribution in [3.8, 4) is 0 Å². The Bertz CT molecular complexity index is 183. The molecule has 4 nitrogen and oxygen atoms in total. The van der Waals surface area contributed by atoms with Crippen molar-refractivity contribution < 1.29 is 19.8 Å². The molecule has 0 spiro atoms. The lowest BCUT2D eigenvalue weighted by Crippen LogP contribution is -2.09. The van der Waals surface area contributed by atoms with E-state index in [2.05, 4.69) is 0 Å². The van der Waals surface area contributed by atoms with Gasteiger partial charge >= 0.3 is 11.9 Å².